The first-order valence-corrected chi connectivity index (χ1v) is 8.64. The predicted molar refractivity (Wildman–Crippen MR) is 98.4 cm³/mol. The Bertz CT molecular complexity index is 812. The minimum atomic E-state index is -0.595. The topological polar surface area (TPSA) is 93.8 Å². The number of ether oxygens (including phenoxy) is 2. The van der Waals surface area contributed by atoms with Gasteiger partial charge < -0.3 is 25.6 Å². The van der Waals surface area contributed by atoms with E-state index in [1.807, 2.05) is 24.3 Å². The number of carbonyl (C=O) groups excluding carboxylic acids is 1. The van der Waals surface area contributed by atoms with E-state index < -0.39 is 12.0 Å². The molecule has 4 N–H and O–H groups in total. The van der Waals surface area contributed by atoms with Crippen LogP contribution in [0.1, 0.15) is 22.7 Å². The second-order valence-corrected chi connectivity index (χ2v) is 6.60. The second kappa shape index (κ2) is 7.95. The van der Waals surface area contributed by atoms with Crippen LogP contribution >= 0.6 is 11.6 Å². The van der Waals surface area contributed by atoms with E-state index in [1.54, 1.807) is 12.1 Å². The van der Waals surface area contributed by atoms with Gasteiger partial charge in [0.25, 0.3) is 5.91 Å². The van der Waals surface area contributed by atoms with Crippen molar-refractivity contribution in [1.29, 1.82) is 0 Å². The van der Waals surface area contributed by atoms with Crippen LogP contribution in [0.4, 0.5) is 0 Å². The number of carbonyl (C=O) groups is 1. The van der Waals surface area contributed by atoms with Crippen molar-refractivity contribution in [2.24, 2.45) is 5.73 Å². The average Bonchev–Trinajstić information content (AvgIpc) is 2.93. The molecule has 0 saturated carbocycles. The lowest BCUT2D eigenvalue weighted by atomic mass is 10.1. The van der Waals surface area contributed by atoms with Crippen molar-refractivity contribution in [3.8, 4) is 11.5 Å². The number of hydrogen-bond acceptors (Lipinski definition) is 5. The third-order valence-electron chi connectivity index (χ3n) is 4.38. The lowest BCUT2D eigenvalue weighted by Gasteiger charge is -2.19. The number of aliphatic hydroxyl groups excluding tert-OH is 1. The Morgan fingerprint density at radius 1 is 1.38 bits per heavy atom. The molecule has 0 aromatic heterocycles. The van der Waals surface area contributed by atoms with Crippen molar-refractivity contribution >= 4 is 17.5 Å². The van der Waals surface area contributed by atoms with Gasteiger partial charge in [0.05, 0.1) is 24.3 Å². The third kappa shape index (κ3) is 3.93. The number of rotatable bonds is 7. The van der Waals surface area contributed by atoms with E-state index in [4.69, 9.17) is 26.8 Å². The molecular formula is C19H21ClN2O4. The summed E-state index contributed by atoms with van der Waals surface area (Å²) in [7, 11) is 1.50. The Kier molecular flexibility index (Phi) is 5.66. The molecule has 6 nitrogen and oxygen atoms in total. The molecule has 138 valence electrons. The molecule has 0 heterocycles. The summed E-state index contributed by atoms with van der Waals surface area (Å²) < 4.78 is 10.6. The van der Waals surface area contributed by atoms with Crippen LogP contribution in [0.3, 0.4) is 0 Å². The smallest absolute Gasteiger partial charge is 0.255 e. The molecule has 0 saturated heterocycles. The quantitative estimate of drug-likeness (QED) is 0.686. The number of halogens is 1. The molecule has 1 aliphatic rings. The fourth-order valence-electron chi connectivity index (χ4n) is 3.21. The van der Waals surface area contributed by atoms with E-state index in [0.717, 1.165) is 16.7 Å². The first-order chi connectivity index (χ1) is 12.5. The maximum Gasteiger partial charge on any atom is 0.255 e. The lowest BCUT2D eigenvalue weighted by Crippen LogP contribution is -2.28. The van der Waals surface area contributed by atoms with Crippen molar-refractivity contribution in [3.63, 3.8) is 0 Å². The molecule has 2 aromatic carbocycles. The normalized spacial score (nSPS) is 18.4. The summed E-state index contributed by atoms with van der Waals surface area (Å²) in [5.74, 6) is 0.105. The second-order valence-electron chi connectivity index (χ2n) is 6.19. The molecule has 1 aliphatic carbocycles. The zero-order valence-electron chi connectivity index (χ0n) is 14.4. The van der Waals surface area contributed by atoms with Gasteiger partial charge in [-0.15, -0.1) is 0 Å². The molecule has 1 amide bonds. The molecule has 2 aromatic rings. The molecule has 0 bridgehead atoms. The first kappa shape index (κ1) is 18.5. The van der Waals surface area contributed by atoms with Gasteiger partial charge in [-0.1, -0.05) is 35.9 Å². The molecule has 0 spiro atoms. The summed E-state index contributed by atoms with van der Waals surface area (Å²) in [5.41, 5.74) is 8.24. The van der Waals surface area contributed by atoms with E-state index in [1.165, 1.54) is 7.11 Å². The number of nitrogens with one attached hydrogen (secondary N) is 1. The zero-order chi connectivity index (χ0) is 18.7. The van der Waals surface area contributed by atoms with E-state index in [2.05, 4.69) is 5.32 Å². The van der Waals surface area contributed by atoms with Crippen LogP contribution in [-0.4, -0.2) is 30.8 Å². The van der Waals surface area contributed by atoms with E-state index in [9.17, 15) is 9.90 Å². The molecule has 3 rings (SSSR count). The highest BCUT2D eigenvalue weighted by Crippen LogP contribution is 2.37. The van der Waals surface area contributed by atoms with Gasteiger partial charge in [-0.2, -0.15) is 0 Å². The van der Waals surface area contributed by atoms with E-state index in [-0.39, 0.29) is 18.4 Å². The molecule has 0 unspecified atom stereocenters. The number of methoxy groups -OCH3 is 1. The van der Waals surface area contributed by atoms with Gasteiger partial charge in [0, 0.05) is 13.0 Å². The average molecular weight is 377 g/mol. The van der Waals surface area contributed by atoms with Gasteiger partial charge in [-0.05, 0) is 28.8 Å². The zero-order valence-corrected chi connectivity index (χ0v) is 15.1. The molecular weight excluding hydrogens is 356 g/mol. The van der Waals surface area contributed by atoms with E-state index >= 15 is 0 Å². The summed E-state index contributed by atoms with van der Waals surface area (Å²) in [4.78, 5) is 10.9. The van der Waals surface area contributed by atoms with Crippen LogP contribution in [0, 0.1) is 0 Å². The number of nitrogens with two attached hydrogens (primary N) is 1. The summed E-state index contributed by atoms with van der Waals surface area (Å²) in [5, 5.41) is 14.0. The fourth-order valence-corrected chi connectivity index (χ4v) is 3.49. The Labute approximate surface area is 156 Å². The molecule has 2 atom stereocenters. The number of benzene rings is 2. The molecule has 0 fully saturated rings. The van der Waals surface area contributed by atoms with Crippen LogP contribution in [0.15, 0.2) is 36.4 Å². The lowest BCUT2D eigenvalue weighted by molar-refractivity contribution is -0.119. The van der Waals surface area contributed by atoms with Crippen LogP contribution in [-0.2, 0) is 17.8 Å². The highest BCUT2D eigenvalue weighted by Gasteiger charge is 2.30. The number of amides is 1. The van der Waals surface area contributed by atoms with Crippen molar-refractivity contribution in [2.75, 3.05) is 13.7 Å². The Morgan fingerprint density at radius 2 is 2.15 bits per heavy atom. The third-order valence-corrected chi connectivity index (χ3v) is 4.66. The van der Waals surface area contributed by atoms with Crippen LogP contribution in [0.2, 0.25) is 5.02 Å². The maximum absolute atomic E-state index is 10.9. The van der Waals surface area contributed by atoms with Crippen molar-refractivity contribution in [3.05, 3.63) is 58.1 Å². The summed E-state index contributed by atoms with van der Waals surface area (Å²) in [6.45, 7) is 0.209. The van der Waals surface area contributed by atoms with Crippen LogP contribution in [0.5, 0.6) is 11.5 Å². The van der Waals surface area contributed by atoms with Crippen LogP contribution in [0.25, 0.3) is 0 Å². The fraction of sp³-hybridized carbons (Fsp3) is 0.316. The van der Waals surface area contributed by atoms with E-state index in [0.29, 0.717) is 23.7 Å². The van der Waals surface area contributed by atoms with Crippen LogP contribution < -0.4 is 20.5 Å². The van der Waals surface area contributed by atoms with Gasteiger partial charge in [0.1, 0.15) is 0 Å². The number of hydrogen-bond donors (Lipinski definition) is 3. The minimum absolute atomic E-state index is 0.137. The van der Waals surface area contributed by atoms with Crippen molar-refractivity contribution in [2.45, 2.75) is 25.1 Å². The molecule has 26 heavy (non-hydrogen) atoms. The summed E-state index contributed by atoms with van der Waals surface area (Å²) in [6, 6.07) is 11.4. The van der Waals surface area contributed by atoms with Gasteiger partial charge in [-0.3, -0.25) is 4.79 Å². The highest BCUT2D eigenvalue weighted by atomic mass is 35.5. The number of aliphatic hydroxyl groups is 1. The maximum atomic E-state index is 10.9. The van der Waals surface area contributed by atoms with Crippen molar-refractivity contribution < 1.29 is 19.4 Å². The highest BCUT2D eigenvalue weighted by molar-refractivity contribution is 6.32. The predicted octanol–water partition coefficient (Wildman–Crippen LogP) is 1.96. The Balaban J connectivity index is 1.74. The van der Waals surface area contributed by atoms with Gasteiger partial charge >= 0.3 is 0 Å². The standard InChI is InChI=1S/C19H21ClN2O4/c1-25-16-7-11(6-14(20)19(16)26-10-17(21)24)9-22-18-13-5-3-2-4-12(13)8-15(18)23/h2-7,15,18,22-23H,8-10H2,1H3,(H2,21,24)/t15-,18+/m0/s1. The number of primary amides is 1. The van der Waals surface area contributed by atoms with Crippen molar-refractivity contribution in [1.82, 2.24) is 5.32 Å². The van der Waals surface area contributed by atoms with Gasteiger partial charge in [0.15, 0.2) is 18.1 Å². The summed E-state index contributed by atoms with van der Waals surface area (Å²) in [6.07, 6.45) is 0.167. The molecule has 0 radical (unpaired) electrons. The van der Waals surface area contributed by atoms with Gasteiger partial charge in [0.2, 0.25) is 0 Å². The SMILES string of the molecule is COc1cc(CN[C@@H]2c3ccccc3C[C@@H]2O)cc(Cl)c1OCC(N)=O. The monoisotopic (exact) mass is 376 g/mol. The number of fused-ring (bicyclic) bond motifs is 1. The largest absolute Gasteiger partial charge is 0.493 e. The molecule has 7 heteroatoms. The first-order valence-electron chi connectivity index (χ1n) is 8.26. The molecule has 0 aliphatic heterocycles. The van der Waals surface area contributed by atoms with Gasteiger partial charge in [-0.25, -0.2) is 0 Å². The Morgan fingerprint density at radius 3 is 2.88 bits per heavy atom. The Hall–Kier alpha value is -2.28. The summed E-state index contributed by atoms with van der Waals surface area (Å²) >= 11 is 6.27. The minimum Gasteiger partial charge on any atom is -0.493 e.